The third-order valence-corrected chi connectivity index (χ3v) is 7.63. The van der Waals surface area contributed by atoms with Crippen LogP contribution in [0.1, 0.15) is 36.9 Å². The van der Waals surface area contributed by atoms with Crippen LogP contribution in [0.2, 0.25) is 0 Å². The Morgan fingerprint density at radius 2 is 1.71 bits per heavy atom. The third kappa shape index (κ3) is 3.50. The molecule has 1 aromatic heterocycles. The van der Waals surface area contributed by atoms with Gasteiger partial charge in [0.1, 0.15) is 22.1 Å². The Kier molecular flexibility index (Phi) is 5.22. The fraction of sp³-hybridized carbons (Fsp3) is 0.389. The van der Waals surface area contributed by atoms with Gasteiger partial charge in [0, 0.05) is 17.8 Å². The summed E-state index contributed by atoms with van der Waals surface area (Å²) in [5.41, 5.74) is 4.26. The number of halogens is 5. The molecule has 2 N–H and O–H groups in total. The van der Waals surface area contributed by atoms with E-state index >= 15 is 0 Å². The largest absolute Gasteiger partial charge is 0.433 e. The maximum Gasteiger partial charge on any atom is 0.433 e. The van der Waals surface area contributed by atoms with Crippen LogP contribution in [-0.4, -0.2) is 19.4 Å². The van der Waals surface area contributed by atoms with Crippen molar-refractivity contribution < 1.29 is 30.4 Å². The molecule has 0 unspecified atom stereocenters. The van der Waals surface area contributed by atoms with E-state index in [4.69, 9.17) is 5.73 Å². The first kappa shape index (κ1) is 20.7. The van der Waals surface area contributed by atoms with Crippen LogP contribution in [0.4, 0.5) is 22.0 Å². The van der Waals surface area contributed by atoms with Gasteiger partial charge in [-0.1, -0.05) is 0 Å². The van der Waals surface area contributed by atoms with Gasteiger partial charge in [-0.15, -0.1) is 0 Å². The lowest BCUT2D eigenvalue weighted by Gasteiger charge is -2.39. The van der Waals surface area contributed by atoms with Crippen LogP contribution < -0.4 is 5.73 Å². The molecule has 0 spiro atoms. The standard InChI is InChI=1S/C18H17F5N2O2S/c19-11-1-3-15(20)14(9-11)17(7-5-12(24)6-8-17)28(26,27)13-2-4-16(25-10-13)18(21,22)23/h1-4,9-10,12H,5-8,24H2/t12-,17+. The molecule has 1 aliphatic carbocycles. The van der Waals surface area contributed by atoms with E-state index in [1.54, 1.807) is 0 Å². The number of sulfone groups is 1. The highest BCUT2D eigenvalue weighted by atomic mass is 32.2. The molecule has 0 amide bonds. The van der Waals surface area contributed by atoms with Gasteiger partial charge in [0.2, 0.25) is 0 Å². The summed E-state index contributed by atoms with van der Waals surface area (Å²) in [5, 5.41) is 0. The Labute approximate surface area is 158 Å². The Morgan fingerprint density at radius 3 is 2.25 bits per heavy atom. The van der Waals surface area contributed by atoms with Gasteiger partial charge in [-0.25, -0.2) is 17.2 Å². The van der Waals surface area contributed by atoms with Crippen LogP contribution in [0, 0.1) is 11.6 Å². The Balaban J connectivity index is 2.16. The molecule has 1 fully saturated rings. The van der Waals surface area contributed by atoms with E-state index in [0.29, 0.717) is 12.3 Å². The third-order valence-electron chi connectivity index (χ3n) is 5.11. The van der Waals surface area contributed by atoms with Gasteiger partial charge in [0.05, 0.1) is 4.90 Å². The lowest BCUT2D eigenvalue weighted by Crippen LogP contribution is -2.43. The molecule has 28 heavy (non-hydrogen) atoms. The van der Waals surface area contributed by atoms with E-state index in [0.717, 1.165) is 24.3 Å². The van der Waals surface area contributed by atoms with Crippen molar-refractivity contribution >= 4 is 9.84 Å². The molecule has 1 heterocycles. The molecule has 1 aliphatic rings. The number of hydrogen-bond acceptors (Lipinski definition) is 4. The second-order valence-electron chi connectivity index (χ2n) is 6.84. The molecule has 0 aliphatic heterocycles. The summed E-state index contributed by atoms with van der Waals surface area (Å²) in [5.74, 6) is -1.72. The summed E-state index contributed by atoms with van der Waals surface area (Å²) >= 11 is 0. The normalized spacial score (nSPS) is 23.6. The van der Waals surface area contributed by atoms with Crippen LogP contribution >= 0.6 is 0 Å². The number of hydrogen-bond donors (Lipinski definition) is 1. The van der Waals surface area contributed by atoms with Crippen LogP contribution in [0.15, 0.2) is 41.4 Å². The van der Waals surface area contributed by atoms with Crippen LogP contribution in [0.5, 0.6) is 0 Å². The van der Waals surface area contributed by atoms with Gasteiger partial charge < -0.3 is 5.73 Å². The van der Waals surface area contributed by atoms with Gasteiger partial charge >= 0.3 is 6.18 Å². The van der Waals surface area contributed by atoms with E-state index in [2.05, 4.69) is 4.98 Å². The minimum absolute atomic E-state index is 0.0854. The Hall–Kier alpha value is -2.07. The van der Waals surface area contributed by atoms with Crippen molar-refractivity contribution in [2.24, 2.45) is 5.73 Å². The predicted molar refractivity (Wildman–Crippen MR) is 90.9 cm³/mol. The first-order valence-corrected chi connectivity index (χ1v) is 9.95. The van der Waals surface area contributed by atoms with Crippen molar-refractivity contribution in [3.63, 3.8) is 0 Å². The maximum atomic E-state index is 14.5. The molecule has 1 saturated carbocycles. The molecule has 2 aromatic rings. The summed E-state index contributed by atoms with van der Waals surface area (Å²) in [6.45, 7) is 0. The zero-order valence-corrected chi connectivity index (χ0v) is 15.3. The first-order valence-electron chi connectivity index (χ1n) is 8.46. The van der Waals surface area contributed by atoms with E-state index in [1.165, 1.54) is 0 Å². The Bertz CT molecular complexity index is 966. The van der Waals surface area contributed by atoms with Gasteiger partial charge in [-0.3, -0.25) is 4.98 Å². The number of pyridine rings is 1. The van der Waals surface area contributed by atoms with Crippen molar-refractivity contribution in [1.29, 1.82) is 0 Å². The molecule has 10 heteroatoms. The number of aromatic nitrogens is 1. The number of alkyl halides is 3. The minimum atomic E-state index is -4.73. The number of rotatable bonds is 3. The van der Waals surface area contributed by atoms with E-state index in [-0.39, 0.29) is 37.3 Å². The highest BCUT2D eigenvalue weighted by Gasteiger charge is 2.50. The molecular formula is C18H17F5N2O2S. The minimum Gasteiger partial charge on any atom is -0.328 e. The fourth-order valence-electron chi connectivity index (χ4n) is 3.57. The topological polar surface area (TPSA) is 73.1 Å². The Morgan fingerprint density at radius 1 is 1.07 bits per heavy atom. The van der Waals surface area contributed by atoms with Gasteiger partial charge in [0.25, 0.3) is 0 Å². The molecular weight excluding hydrogens is 403 g/mol. The van der Waals surface area contributed by atoms with Crippen molar-refractivity contribution in [3.8, 4) is 0 Å². The molecule has 0 atom stereocenters. The SMILES string of the molecule is N[C@H]1CC[C@@](c2cc(F)ccc2F)(S(=O)(=O)c2ccc(C(F)(F)F)nc2)CC1. The summed E-state index contributed by atoms with van der Waals surface area (Å²) in [6.07, 6.45) is -3.82. The van der Waals surface area contributed by atoms with Crippen LogP contribution in [-0.2, 0) is 20.8 Å². The zero-order chi connectivity index (χ0) is 20.7. The lowest BCUT2D eigenvalue weighted by atomic mass is 9.81. The molecule has 0 radical (unpaired) electrons. The zero-order valence-electron chi connectivity index (χ0n) is 14.5. The quantitative estimate of drug-likeness (QED) is 0.764. The van der Waals surface area contributed by atoms with Crippen LogP contribution in [0.3, 0.4) is 0 Å². The van der Waals surface area contributed by atoms with Gasteiger partial charge in [0.15, 0.2) is 9.84 Å². The van der Waals surface area contributed by atoms with Crippen LogP contribution in [0.25, 0.3) is 0 Å². The molecule has 3 rings (SSSR count). The van der Waals surface area contributed by atoms with Gasteiger partial charge in [-0.2, -0.15) is 13.2 Å². The second kappa shape index (κ2) is 7.07. The molecule has 0 bridgehead atoms. The van der Waals surface area contributed by atoms with Gasteiger partial charge in [-0.05, 0) is 56.0 Å². The fourth-order valence-corrected chi connectivity index (χ4v) is 5.68. The van der Waals surface area contributed by atoms with E-state index < -0.39 is 43.0 Å². The van der Waals surface area contributed by atoms with Crippen molar-refractivity contribution in [2.75, 3.05) is 0 Å². The number of nitrogens with zero attached hydrogens (tertiary/aromatic N) is 1. The summed E-state index contributed by atoms with van der Waals surface area (Å²) in [7, 11) is -4.39. The van der Waals surface area contributed by atoms with Crippen molar-refractivity contribution in [1.82, 2.24) is 4.98 Å². The van der Waals surface area contributed by atoms with Crippen molar-refractivity contribution in [2.45, 2.75) is 47.5 Å². The average Bonchev–Trinajstić information content (AvgIpc) is 2.64. The number of nitrogens with two attached hydrogens (primary N) is 1. The number of benzene rings is 1. The second-order valence-corrected chi connectivity index (χ2v) is 9.10. The summed E-state index contributed by atoms with van der Waals surface area (Å²) < 4.78 is 91.5. The first-order chi connectivity index (χ1) is 13.0. The van der Waals surface area contributed by atoms with E-state index in [9.17, 15) is 30.4 Å². The lowest BCUT2D eigenvalue weighted by molar-refractivity contribution is -0.141. The molecule has 1 aromatic carbocycles. The average molecular weight is 420 g/mol. The predicted octanol–water partition coefficient (Wildman–Crippen LogP) is 3.95. The molecule has 0 saturated heterocycles. The maximum absolute atomic E-state index is 14.5. The highest BCUT2D eigenvalue weighted by molar-refractivity contribution is 7.92. The smallest absolute Gasteiger partial charge is 0.328 e. The monoisotopic (exact) mass is 420 g/mol. The highest BCUT2D eigenvalue weighted by Crippen LogP contribution is 2.47. The summed E-state index contributed by atoms with van der Waals surface area (Å²) in [4.78, 5) is 2.71. The molecule has 4 nitrogen and oxygen atoms in total. The van der Waals surface area contributed by atoms with Crippen molar-refractivity contribution in [3.05, 3.63) is 59.4 Å². The van der Waals surface area contributed by atoms with E-state index in [1.807, 2.05) is 0 Å². The molecule has 152 valence electrons. The summed E-state index contributed by atoms with van der Waals surface area (Å²) in [6, 6.07) is 3.57.